The Kier molecular flexibility index (Phi) is 3.37. The molecule has 70 valence electrons. The maximum atomic E-state index is 10.8. The van der Waals surface area contributed by atoms with E-state index in [2.05, 4.69) is 12.6 Å². The Morgan fingerprint density at radius 1 is 1.54 bits per heavy atom. The molecule has 0 aromatic heterocycles. The predicted octanol–water partition coefficient (Wildman–Crippen LogP) is 2.03. The van der Waals surface area contributed by atoms with Crippen molar-refractivity contribution in [2.24, 2.45) is 5.92 Å². The molecule has 2 nitrogen and oxygen atoms in total. The summed E-state index contributed by atoms with van der Waals surface area (Å²) in [6, 6.07) is 7.02. The molecule has 1 rings (SSSR count). The summed E-state index contributed by atoms with van der Waals surface area (Å²) in [6.45, 7) is 1.79. The summed E-state index contributed by atoms with van der Waals surface area (Å²) in [5.74, 6) is 0.0839. The van der Waals surface area contributed by atoms with Crippen LogP contribution in [0.25, 0.3) is 0 Å². The van der Waals surface area contributed by atoms with Crippen LogP contribution in [-0.4, -0.2) is 10.2 Å². The number of phenols is 1. The number of phenolic OH excluding ortho intramolecular Hbond substituents is 1. The number of aromatic hydroxyl groups is 1. The van der Waals surface area contributed by atoms with E-state index in [4.69, 9.17) is 0 Å². The molecule has 0 amide bonds. The van der Waals surface area contributed by atoms with Gasteiger partial charge in [-0.25, -0.2) is 0 Å². The summed E-state index contributed by atoms with van der Waals surface area (Å²) in [7, 11) is 0. The molecule has 0 radical (unpaired) electrons. The van der Waals surface area contributed by atoms with Crippen LogP contribution >= 0.6 is 12.6 Å². The molecule has 13 heavy (non-hydrogen) atoms. The number of benzene rings is 1. The summed E-state index contributed by atoms with van der Waals surface area (Å²) >= 11 is 3.74. The highest BCUT2D eigenvalue weighted by Gasteiger charge is 2.11. The number of hydrogen-bond donors (Lipinski definition) is 2. The first-order chi connectivity index (χ1) is 6.11. The van der Waals surface area contributed by atoms with Crippen molar-refractivity contribution < 1.29 is 9.90 Å². The normalized spacial score (nSPS) is 12.5. The Morgan fingerprint density at radius 2 is 2.15 bits per heavy atom. The highest BCUT2D eigenvalue weighted by atomic mass is 32.1. The first-order valence-corrected chi connectivity index (χ1v) is 4.55. The van der Waals surface area contributed by atoms with Crippen molar-refractivity contribution in [3.05, 3.63) is 29.8 Å². The van der Waals surface area contributed by atoms with Gasteiger partial charge in [0.25, 0.3) is 0 Å². The standard InChI is InChI=1S/C10H12O2S/c1-7(10(12)13)6-8-4-2-3-5-9(8)11/h2-5,7,11H,6H2,1H3,(H,12,13). The Bertz CT molecular complexity index is 310. The number of rotatable bonds is 3. The van der Waals surface area contributed by atoms with Crippen molar-refractivity contribution in [1.82, 2.24) is 0 Å². The number of carbonyl (C=O) groups is 1. The van der Waals surface area contributed by atoms with Gasteiger partial charge < -0.3 is 5.11 Å². The van der Waals surface area contributed by atoms with Crippen molar-refractivity contribution in [2.45, 2.75) is 13.3 Å². The van der Waals surface area contributed by atoms with Gasteiger partial charge in [0.05, 0.1) is 0 Å². The van der Waals surface area contributed by atoms with Gasteiger partial charge in [0.2, 0.25) is 0 Å². The molecule has 1 N–H and O–H groups in total. The Labute approximate surface area is 83.0 Å². The number of thiol groups is 1. The van der Waals surface area contributed by atoms with E-state index in [0.29, 0.717) is 6.42 Å². The van der Waals surface area contributed by atoms with E-state index in [9.17, 15) is 9.90 Å². The zero-order valence-electron chi connectivity index (χ0n) is 7.40. The maximum Gasteiger partial charge on any atom is 0.189 e. The minimum atomic E-state index is -0.156. The van der Waals surface area contributed by atoms with Crippen molar-refractivity contribution in [3.8, 4) is 5.75 Å². The molecule has 1 atom stereocenters. The van der Waals surface area contributed by atoms with Crippen molar-refractivity contribution >= 4 is 17.7 Å². The van der Waals surface area contributed by atoms with Gasteiger partial charge in [-0.3, -0.25) is 4.79 Å². The molecule has 1 aromatic carbocycles. The third-order valence-electron chi connectivity index (χ3n) is 1.94. The van der Waals surface area contributed by atoms with Crippen LogP contribution in [0.3, 0.4) is 0 Å². The molecule has 0 aliphatic heterocycles. The molecule has 0 bridgehead atoms. The first-order valence-electron chi connectivity index (χ1n) is 4.11. The van der Waals surface area contributed by atoms with Crippen molar-refractivity contribution in [1.29, 1.82) is 0 Å². The lowest BCUT2D eigenvalue weighted by molar-refractivity contribution is -0.113. The lowest BCUT2D eigenvalue weighted by Crippen LogP contribution is -2.07. The number of hydrogen-bond acceptors (Lipinski definition) is 2. The monoisotopic (exact) mass is 196 g/mol. The van der Waals surface area contributed by atoms with Gasteiger partial charge in [0.15, 0.2) is 5.12 Å². The van der Waals surface area contributed by atoms with Crippen LogP contribution in [0.5, 0.6) is 5.75 Å². The Hall–Kier alpha value is -0.960. The van der Waals surface area contributed by atoms with Gasteiger partial charge in [-0.2, -0.15) is 0 Å². The van der Waals surface area contributed by atoms with Crippen LogP contribution in [0.2, 0.25) is 0 Å². The highest BCUT2D eigenvalue weighted by molar-refractivity contribution is 7.96. The van der Waals surface area contributed by atoms with E-state index in [0.717, 1.165) is 5.56 Å². The fourth-order valence-electron chi connectivity index (χ4n) is 1.10. The van der Waals surface area contributed by atoms with Crippen LogP contribution in [0, 0.1) is 5.92 Å². The van der Waals surface area contributed by atoms with Crippen LogP contribution in [0.1, 0.15) is 12.5 Å². The summed E-state index contributed by atoms with van der Waals surface area (Å²) in [4.78, 5) is 10.8. The zero-order chi connectivity index (χ0) is 9.84. The van der Waals surface area contributed by atoms with E-state index in [1.807, 2.05) is 12.1 Å². The number of carbonyl (C=O) groups excluding carboxylic acids is 1. The third kappa shape index (κ3) is 2.77. The highest BCUT2D eigenvalue weighted by Crippen LogP contribution is 2.20. The molecule has 3 heteroatoms. The molecule has 0 aliphatic rings. The molecular weight excluding hydrogens is 184 g/mol. The molecule has 0 fully saturated rings. The summed E-state index contributed by atoms with van der Waals surface area (Å²) in [5.41, 5.74) is 0.789. The SMILES string of the molecule is CC(Cc1ccccc1O)C(=O)S. The fourth-order valence-corrected chi connectivity index (χ4v) is 1.19. The summed E-state index contributed by atoms with van der Waals surface area (Å²) < 4.78 is 0. The van der Waals surface area contributed by atoms with Crippen LogP contribution < -0.4 is 0 Å². The Balaban J connectivity index is 2.74. The van der Waals surface area contributed by atoms with Crippen LogP contribution in [0.4, 0.5) is 0 Å². The topological polar surface area (TPSA) is 37.3 Å². The molecule has 0 saturated heterocycles. The zero-order valence-corrected chi connectivity index (χ0v) is 8.29. The van der Waals surface area contributed by atoms with E-state index in [1.54, 1.807) is 19.1 Å². The van der Waals surface area contributed by atoms with E-state index in [1.165, 1.54) is 0 Å². The van der Waals surface area contributed by atoms with E-state index < -0.39 is 0 Å². The molecule has 0 heterocycles. The second-order valence-corrected chi connectivity index (χ2v) is 3.51. The first kappa shape index (κ1) is 10.1. The van der Waals surface area contributed by atoms with Gasteiger partial charge in [0, 0.05) is 5.92 Å². The molecule has 0 saturated carbocycles. The van der Waals surface area contributed by atoms with Crippen molar-refractivity contribution in [2.75, 3.05) is 0 Å². The quantitative estimate of drug-likeness (QED) is 0.726. The van der Waals surface area contributed by atoms with E-state index >= 15 is 0 Å². The third-order valence-corrected chi connectivity index (χ3v) is 2.38. The minimum absolute atomic E-state index is 0.150. The molecule has 0 spiro atoms. The minimum Gasteiger partial charge on any atom is -0.508 e. The largest absolute Gasteiger partial charge is 0.508 e. The van der Waals surface area contributed by atoms with Crippen LogP contribution in [0.15, 0.2) is 24.3 Å². The van der Waals surface area contributed by atoms with Gasteiger partial charge in [-0.05, 0) is 18.1 Å². The summed E-state index contributed by atoms with van der Waals surface area (Å²) in [5, 5.41) is 9.26. The van der Waals surface area contributed by atoms with Crippen LogP contribution in [-0.2, 0) is 11.2 Å². The van der Waals surface area contributed by atoms with Gasteiger partial charge in [0.1, 0.15) is 5.75 Å². The Morgan fingerprint density at radius 3 is 2.69 bits per heavy atom. The van der Waals surface area contributed by atoms with E-state index in [-0.39, 0.29) is 16.8 Å². The summed E-state index contributed by atoms with van der Waals surface area (Å²) in [6.07, 6.45) is 0.537. The molecular formula is C10H12O2S. The second kappa shape index (κ2) is 4.33. The lowest BCUT2D eigenvalue weighted by Gasteiger charge is -2.07. The lowest BCUT2D eigenvalue weighted by atomic mass is 10.0. The van der Waals surface area contributed by atoms with Crippen molar-refractivity contribution in [3.63, 3.8) is 0 Å². The molecule has 1 unspecified atom stereocenters. The molecule has 0 aliphatic carbocycles. The van der Waals surface area contributed by atoms with Gasteiger partial charge in [-0.15, -0.1) is 12.6 Å². The predicted molar refractivity (Wildman–Crippen MR) is 55.0 cm³/mol. The maximum absolute atomic E-state index is 10.8. The van der Waals surface area contributed by atoms with Gasteiger partial charge >= 0.3 is 0 Å². The smallest absolute Gasteiger partial charge is 0.189 e. The van der Waals surface area contributed by atoms with Gasteiger partial charge in [-0.1, -0.05) is 25.1 Å². The average molecular weight is 196 g/mol. The average Bonchev–Trinajstić information content (AvgIpc) is 2.08. The second-order valence-electron chi connectivity index (χ2n) is 3.07. The molecule has 1 aromatic rings. The fraction of sp³-hybridized carbons (Fsp3) is 0.300. The number of para-hydroxylation sites is 1.